The molecule has 2 saturated carbocycles. The Labute approximate surface area is 254 Å². The number of thiophene rings is 1. The molecule has 11 heteroatoms. The molecule has 2 aliphatic carbocycles. The van der Waals surface area contributed by atoms with E-state index in [1.807, 2.05) is 50.4 Å². The average molecular weight is 621 g/mol. The van der Waals surface area contributed by atoms with Gasteiger partial charge >= 0.3 is 0 Å². The second-order valence-electron chi connectivity index (χ2n) is 12.0. The first-order chi connectivity index (χ1) is 19.9. The first kappa shape index (κ1) is 32.4. The predicted octanol–water partition coefficient (Wildman–Crippen LogP) is 4.32. The molecule has 4 rings (SSSR count). The van der Waals surface area contributed by atoms with Crippen molar-refractivity contribution in [1.82, 2.24) is 9.21 Å². The molecule has 0 N–H and O–H groups in total. The summed E-state index contributed by atoms with van der Waals surface area (Å²) in [6.45, 7) is 6.70. The summed E-state index contributed by atoms with van der Waals surface area (Å²) in [5.74, 6) is 0.915. The summed E-state index contributed by atoms with van der Waals surface area (Å²) >= 11 is 1.57. The lowest BCUT2D eigenvalue weighted by Gasteiger charge is -2.37. The van der Waals surface area contributed by atoms with Crippen molar-refractivity contribution in [3.63, 3.8) is 0 Å². The summed E-state index contributed by atoms with van der Waals surface area (Å²) in [6.07, 6.45) is 2.41. The Morgan fingerprint density at radius 3 is 2.40 bits per heavy atom. The quantitative estimate of drug-likeness (QED) is 0.292. The molecule has 0 saturated heterocycles. The molecule has 2 bridgehead atoms. The molecule has 2 atom stereocenters. The van der Waals surface area contributed by atoms with Crippen LogP contribution in [0.25, 0.3) is 0 Å². The Morgan fingerprint density at radius 1 is 1.10 bits per heavy atom. The van der Waals surface area contributed by atoms with Crippen LogP contribution in [0.15, 0.2) is 29.6 Å². The largest absolute Gasteiger partial charge is 0.493 e. The van der Waals surface area contributed by atoms with Crippen LogP contribution in [0.4, 0.5) is 0 Å². The van der Waals surface area contributed by atoms with Crippen LogP contribution in [0.1, 0.15) is 49.1 Å². The third-order valence-electron chi connectivity index (χ3n) is 9.59. The van der Waals surface area contributed by atoms with E-state index in [9.17, 15) is 18.0 Å². The minimum absolute atomic E-state index is 0.0371. The van der Waals surface area contributed by atoms with Gasteiger partial charge in [0.15, 0.2) is 11.5 Å². The summed E-state index contributed by atoms with van der Waals surface area (Å²) < 4.78 is 45.2. The zero-order chi connectivity index (χ0) is 30.7. The molecule has 0 aliphatic heterocycles. The fourth-order valence-electron chi connectivity index (χ4n) is 6.60. The maximum atomic E-state index is 14.0. The SMILES string of the molecule is COCCN(CC(=O)N(CCc1ccc(OC)c(OC)c1)Cc1sccc1C)S(=O)(=O)CC12CCC(CC1=O)C2(C)C. The van der Waals surface area contributed by atoms with E-state index in [-0.39, 0.29) is 43.1 Å². The zero-order valence-electron chi connectivity index (χ0n) is 25.6. The number of hydrogen-bond acceptors (Lipinski definition) is 8. The van der Waals surface area contributed by atoms with Crippen LogP contribution >= 0.6 is 11.3 Å². The average Bonchev–Trinajstić information content (AvgIpc) is 3.52. The Bertz CT molecular complexity index is 1390. The van der Waals surface area contributed by atoms with Gasteiger partial charge in [0, 0.05) is 36.9 Å². The molecule has 2 aromatic rings. The minimum Gasteiger partial charge on any atom is -0.493 e. The van der Waals surface area contributed by atoms with Crippen LogP contribution in [-0.2, 0) is 37.3 Å². The zero-order valence-corrected chi connectivity index (χ0v) is 27.2. The van der Waals surface area contributed by atoms with Gasteiger partial charge in [-0.3, -0.25) is 9.59 Å². The van der Waals surface area contributed by atoms with E-state index in [2.05, 4.69) is 0 Å². The number of carbonyl (C=O) groups excluding carboxylic acids is 2. The molecular formula is C31H44N2O7S2. The topological polar surface area (TPSA) is 102 Å². The number of fused-ring (bicyclic) bond motifs is 2. The number of sulfonamides is 1. The lowest BCUT2D eigenvalue weighted by molar-refractivity contribution is -0.132. The molecule has 2 unspecified atom stereocenters. The third-order valence-corrected chi connectivity index (χ3v) is 12.6. The van der Waals surface area contributed by atoms with E-state index >= 15 is 0 Å². The van der Waals surface area contributed by atoms with Crippen LogP contribution in [0, 0.1) is 23.7 Å². The van der Waals surface area contributed by atoms with Crippen LogP contribution in [0.5, 0.6) is 11.5 Å². The highest BCUT2D eigenvalue weighted by molar-refractivity contribution is 7.89. The van der Waals surface area contributed by atoms with E-state index in [1.54, 1.807) is 30.5 Å². The Morgan fingerprint density at radius 2 is 1.83 bits per heavy atom. The highest BCUT2D eigenvalue weighted by Gasteiger charge is 2.65. The van der Waals surface area contributed by atoms with Gasteiger partial charge in [0.1, 0.15) is 5.78 Å². The standard InChI is InChI=1S/C31H44N2O7S2/c1-22-11-16-41-27(22)19-32(13-10-23-7-8-25(39-5)26(17-23)40-6)29(35)20-33(14-15-38-4)42(36,37)21-31-12-9-24(18-28(31)34)30(31,2)3/h7-8,11,16-17,24H,9-10,12-15,18-21H2,1-6H3. The molecular weight excluding hydrogens is 576 g/mol. The predicted molar refractivity (Wildman–Crippen MR) is 164 cm³/mol. The van der Waals surface area contributed by atoms with Gasteiger partial charge in [-0.15, -0.1) is 11.3 Å². The maximum Gasteiger partial charge on any atom is 0.238 e. The van der Waals surface area contributed by atoms with Crippen LogP contribution < -0.4 is 9.47 Å². The Kier molecular flexibility index (Phi) is 10.1. The molecule has 1 aromatic carbocycles. The number of nitrogens with zero attached hydrogens (tertiary/aromatic N) is 2. The van der Waals surface area contributed by atoms with E-state index in [0.29, 0.717) is 43.9 Å². The number of hydrogen-bond donors (Lipinski definition) is 0. The van der Waals surface area contributed by atoms with E-state index < -0.39 is 20.9 Å². The van der Waals surface area contributed by atoms with Gasteiger partial charge in [0.25, 0.3) is 0 Å². The fourth-order valence-corrected chi connectivity index (χ4v) is 9.67. The van der Waals surface area contributed by atoms with Gasteiger partial charge in [0.05, 0.1) is 39.7 Å². The summed E-state index contributed by atoms with van der Waals surface area (Å²) in [5, 5.41) is 1.99. The second-order valence-corrected chi connectivity index (χ2v) is 15.0. The minimum atomic E-state index is -3.95. The monoisotopic (exact) mass is 620 g/mol. The fraction of sp³-hybridized carbons (Fsp3) is 0.613. The maximum absolute atomic E-state index is 14.0. The molecule has 1 amide bonds. The van der Waals surface area contributed by atoms with Gasteiger partial charge in [-0.25, -0.2) is 8.42 Å². The first-order valence-electron chi connectivity index (χ1n) is 14.4. The van der Waals surface area contributed by atoms with Crippen LogP contribution in [0.2, 0.25) is 0 Å². The van der Waals surface area contributed by atoms with E-state index in [4.69, 9.17) is 14.2 Å². The molecule has 0 radical (unpaired) electrons. The van der Waals surface area contributed by atoms with Crippen molar-refractivity contribution in [3.05, 3.63) is 45.6 Å². The number of methoxy groups -OCH3 is 3. The van der Waals surface area contributed by atoms with Crippen LogP contribution in [0.3, 0.4) is 0 Å². The molecule has 2 aliphatic rings. The van der Waals surface area contributed by atoms with Crippen molar-refractivity contribution in [2.24, 2.45) is 16.7 Å². The van der Waals surface area contributed by atoms with Crippen molar-refractivity contribution < 1.29 is 32.2 Å². The first-order valence-corrected chi connectivity index (χ1v) is 16.9. The number of rotatable bonds is 15. The van der Waals surface area contributed by atoms with Gasteiger partial charge < -0.3 is 19.1 Å². The molecule has 42 heavy (non-hydrogen) atoms. The molecule has 2 fully saturated rings. The summed E-state index contributed by atoms with van der Waals surface area (Å²) in [7, 11) is 0.717. The lowest BCUT2D eigenvalue weighted by Crippen LogP contribution is -2.50. The summed E-state index contributed by atoms with van der Waals surface area (Å²) in [5.41, 5.74) is 0.751. The van der Waals surface area contributed by atoms with Gasteiger partial charge in [-0.1, -0.05) is 19.9 Å². The number of benzene rings is 1. The summed E-state index contributed by atoms with van der Waals surface area (Å²) in [4.78, 5) is 29.8. The van der Waals surface area contributed by atoms with Crippen LogP contribution in [-0.4, -0.2) is 82.6 Å². The van der Waals surface area contributed by atoms with Gasteiger partial charge in [-0.05, 0) is 72.2 Å². The highest BCUT2D eigenvalue weighted by Crippen LogP contribution is 2.64. The van der Waals surface area contributed by atoms with Crippen molar-refractivity contribution in [2.75, 3.05) is 53.3 Å². The van der Waals surface area contributed by atoms with Crippen molar-refractivity contribution in [3.8, 4) is 11.5 Å². The number of aryl methyl sites for hydroxylation is 1. The molecule has 1 aromatic heterocycles. The van der Waals surface area contributed by atoms with Gasteiger partial charge in [0.2, 0.25) is 15.9 Å². The Hall–Kier alpha value is -2.47. The molecule has 232 valence electrons. The van der Waals surface area contributed by atoms with Crippen molar-refractivity contribution in [1.29, 1.82) is 0 Å². The van der Waals surface area contributed by atoms with Crippen molar-refractivity contribution >= 4 is 33.1 Å². The molecule has 0 spiro atoms. The van der Waals surface area contributed by atoms with E-state index in [0.717, 1.165) is 22.4 Å². The van der Waals surface area contributed by atoms with E-state index in [1.165, 1.54) is 11.4 Å². The summed E-state index contributed by atoms with van der Waals surface area (Å²) in [6, 6.07) is 7.68. The second kappa shape index (κ2) is 13.0. The number of ketones is 1. The van der Waals surface area contributed by atoms with Gasteiger partial charge in [-0.2, -0.15) is 4.31 Å². The van der Waals surface area contributed by atoms with Crippen molar-refractivity contribution in [2.45, 2.75) is 53.0 Å². The lowest BCUT2D eigenvalue weighted by atomic mass is 9.70. The smallest absolute Gasteiger partial charge is 0.238 e. The normalized spacial score (nSPS) is 21.2. The third kappa shape index (κ3) is 6.39. The number of ether oxygens (including phenoxy) is 3. The number of Topliss-reactive ketones (excluding diaryl/α,β-unsaturated/α-hetero) is 1. The number of carbonyl (C=O) groups is 2. The molecule has 9 nitrogen and oxygen atoms in total. The Balaban J connectivity index is 1.56. The highest BCUT2D eigenvalue weighted by atomic mass is 32.2. The molecule has 1 heterocycles. The number of amides is 1.